The molecule has 0 bridgehead atoms. The van der Waals surface area contributed by atoms with Gasteiger partial charge in [-0.2, -0.15) is 4.31 Å². The van der Waals surface area contributed by atoms with Crippen molar-refractivity contribution in [3.8, 4) is 0 Å². The van der Waals surface area contributed by atoms with E-state index >= 15 is 0 Å². The van der Waals surface area contributed by atoms with Crippen LogP contribution in [0.4, 0.5) is 0 Å². The fourth-order valence-electron chi connectivity index (χ4n) is 4.28. The molecule has 1 amide bonds. The summed E-state index contributed by atoms with van der Waals surface area (Å²) in [5.74, 6) is -0.256. The Hall–Kier alpha value is -2.18. The smallest absolute Gasteiger partial charge is 0.251 e. The normalized spacial score (nSPS) is 18.2. The number of nitrogens with one attached hydrogen (secondary N) is 1. The molecular formula is C23H28N2O3S. The zero-order chi connectivity index (χ0) is 20.4. The summed E-state index contributed by atoms with van der Waals surface area (Å²) in [6.07, 6.45) is 6.26. The van der Waals surface area contributed by atoms with Crippen molar-refractivity contribution < 1.29 is 13.2 Å². The van der Waals surface area contributed by atoms with Gasteiger partial charge in [0, 0.05) is 18.7 Å². The van der Waals surface area contributed by atoms with Crippen molar-refractivity contribution in [2.75, 3.05) is 13.1 Å². The van der Waals surface area contributed by atoms with Gasteiger partial charge in [0.25, 0.3) is 5.91 Å². The highest BCUT2D eigenvalue weighted by Gasteiger charge is 2.26. The van der Waals surface area contributed by atoms with Crippen LogP contribution in [0.3, 0.4) is 0 Å². The first-order chi connectivity index (χ1) is 13.9. The molecule has 154 valence electrons. The van der Waals surface area contributed by atoms with Crippen LogP contribution in [-0.2, 0) is 22.9 Å². The molecule has 29 heavy (non-hydrogen) atoms. The van der Waals surface area contributed by atoms with Crippen molar-refractivity contribution in [1.29, 1.82) is 0 Å². The van der Waals surface area contributed by atoms with Gasteiger partial charge in [-0.3, -0.25) is 4.79 Å². The van der Waals surface area contributed by atoms with E-state index in [4.69, 9.17) is 0 Å². The van der Waals surface area contributed by atoms with E-state index in [2.05, 4.69) is 23.5 Å². The minimum Gasteiger partial charge on any atom is -0.346 e. The number of aryl methyl sites for hydroxylation is 2. The van der Waals surface area contributed by atoms with Crippen LogP contribution in [0.2, 0.25) is 0 Å². The molecule has 2 aromatic rings. The first kappa shape index (κ1) is 20.1. The molecule has 1 heterocycles. The van der Waals surface area contributed by atoms with Gasteiger partial charge in [-0.05, 0) is 73.9 Å². The average molecular weight is 413 g/mol. The number of fused-ring (bicyclic) bond motifs is 1. The lowest BCUT2D eigenvalue weighted by Gasteiger charge is -2.26. The quantitative estimate of drug-likeness (QED) is 0.811. The number of benzene rings is 2. The minimum absolute atomic E-state index is 0.143. The summed E-state index contributed by atoms with van der Waals surface area (Å²) in [4.78, 5) is 13.0. The monoisotopic (exact) mass is 412 g/mol. The van der Waals surface area contributed by atoms with Crippen LogP contribution in [0.5, 0.6) is 0 Å². The topological polar surface area (TPSA) is 66.5 Å². The molecule has 1 fully saturated rings. The SMILES string of the molecule is C[C@@H](NC(=O)c1cccc(S(=O)(=O)N2CCCCC2)c1)c1ccc2c(c1)CCC2. The third kappa shape index (κ3) is 4.23. The van der Waals surface area contributed by atoms with Crippen molar-refractivity contribution in [3.05, 3.63) is 64.7 Å². The van der Waals surface area contributed by atoms with E-state index in [1.54, 1.807) is 18.2 Å². The maximum Gasteiger partial charge on any atom is 0.251 e. The van der Waals surface area contributed by atoms with E-state index < -0.39 is 10.0 Å². The molecule has 0 aromatic heterocycles. The maximum atomic E-state index is 12.9. The first-order valence-electron chi connectivity index (χ1n) is 10.5. The predicted octanol–water partition coefficient (Wildman–Crippen LogP) is 3.84. The number of rotatable bonds is 5. The van der Waals surface area contributed by atoms with Crippen molar-refractivity contribution >= 4 is 15.9 Å². The summed E-state index contributed by atoms with van der Waals surface area (Å²) < 4.78 is 27.3. The molecule has 1 atom stereocenters. The number of sulfonamides is 1. The van der Waals surface area contributed by atoms with Crippen molar-refractivity contribution in [2.45, 2.75) is 56.4 Å². The van der Waals surface area contributed by atoms with Crippen LogP contribution < -0.4 is 5.32 Å². The highest BCUT2D eigenvalue weighted by Crippen LogP contribution is 2.26. The molecule has 0 unspecified atom stereocenters. The maximum absolute atomic E-state index is 12.9. The van der Waals surface area contributed by atoms with E-state index in [0.29, 0.717) is 18.7 Å². The van der Waals surface area contributed by atoms with Crippen molar-refractivity contribution in [3.63, 3.8) is 0 Å². The van der Waals surface area contributed by atoms with Crippen LogP contribution in [-0.4, -0.2) is 31.7 Å². The molecule has 4 rings (SSSR count). The second-order valence-corrected chi connectivity index (χ2v) is 10.0. The second kappa shape index (κ2) is 8.28. The summed E-state index contributed by atoms with van der Waals surface area (Å²) in [6.45, 7) is 3.06. The predicted molar refractivity (Wildman–Crippen MR) is 113 cm³/mol. The Morgan fingerprint density at radius 3 is 2.52 bits per heavy atom. The summed E-state index contributed by atoms with van der Waals surface area (Å²) >= 11 is 0. The number of piperidine rings is 1. The lowest BCUT2D eigenvalue weighted by molar-refractivity contribution is 0.0939. The first-order valence-corrected chi connectivity index (χ1v) is 11.9. The molecule has 1 N–H and O–H groups in total. The van der Waals surface area contributed by atoms with E-state index in [0.717, 1.165) is 37.7 Å². The number of hydrogen-bond acceptors (Lipinski definition) is 3. The van der Waals surface area contributed by atoms with Crippen molar-refractivity contribution in [2.24, 2.45) is 0 Å². The molecule has 0 spiro atoms. The zero-order valence-corrected chi connectivity index (χ0v) is 17.7. The Morgan fingerprint density at radius 1 is 0.966 bits per heavy atom. The van der Waals surface area contributed by atoms with Crippen molar-refractivity contribution in [1.82, 2.24) is 9.62 Å². The van der Waals surface area contributed by atoms with Gasteiger partial charge in [0.2, 0.25) is 10.0 Å². The molecule has 1 aliphatic carbocycles. The molecule has 5 nitrogen and oxygen atoms in total. The van der Waals surface area contributed by atoms with Gasteiger partial charge in [0.05, 0.1) is 10.9 Å². The average Bonchev–Trinajstić information content (AvgIpc) is 3.22. The summed E-state index contributed by atoms with van der Waals surface area (Å²) in [5.41, 5.74) is 4.23. The van der Waals surface area contributed by atoms with Gasteiger partial charge in [0.1, 0.15) is 0 Å². The lowest BCUT2D eigenvalue weighted by atomic mass is 10.0. The van der Waals surface area contributed by atoms with Gasteiger partial charge in [-0.1, -0.05) is 30.7 Å². The Labute approximate surface area is 173 Å². The number of carbonyl (C=O) groups excluding carboxylic acids is 1. The van der Waals surface area contributed by atoms with E-state index in [1.807, 2.05) is 6.92 Å². The van der Waals surface area contributed by atoms with Crippen LogP contribution in [0.1, 0.15) is 65.7 Å². The number of hydrogen-bond donors (Lipinski definition) is 1. The highest BCUT2D eigenvalue weighted by atomic mass is 32.2. The molecule has 0 radical (unpaired) electrons. The Balaban J connectivity index is 1.50. The van der Waals surface area contributed by atoms with E-state index in [9.17, 15) is 13.2 Å². The van der Waals surface area contributed by atoms with Crippen LogP contribution in [0.15, 0.2) is 47.4 Å². The molecule has 1 aliphatic heterocycles. The van der Waals surface area contributed by atoms with Crippen LogP contribution in [0.25, 0.3) is 0 Å². The third-order valence-corrected chi connectivity index (χ3v) is 7.91. The fourth-order valence-corrected chi connectivity index (χ4v) is 5.84. The summed E-state index contributed by atoms with van der Waals surface area (Å²) in [6, 6.07) is 12.7. The Kier molecular flexibility index (Phi) is 5.74. The number of nitrogens with zero attached hydrogens (tertiary/aromatic N) is 1. The number of amides is 1. The summed E-state index contributed by atoms with van der Waals surface area (Å²) in [7, 11) is -3.55. The van der Waals surface area contributed by atoms with E-state index in [-0.39, 0.29) is 16.8 Å². The van der Waals surface area contributed by atoms with Gasteiger partial charge < -0.3 is 5.32 Å². The lowest BCUT2D eigenvalue weighted by Crippen LogP contribution is -2.35. The minimum atomic E-state index is -3.55. The van der Waals surface area contributed by atoms with Gasteiger partial charge in [-0.25, -0.2) is 8.42 Å². The van der Waals surface area contributed by atoms with Gasteiger partial charge in [-0.15, -0.1) is 0 Å². The number of carbonyl (C=O) groups is 1. The molecule has 2 aliphatic rings. The molecule has 6 heteroatoms. The largest absolute Gasteiger partial charge is 0.346 e. The molecule has 1 saturated heterocycles. The van der Waals surface area contributed by atoms with Gasteiger partial charge in [0.15, 0.2) is 0 Å². The Bertz CT molecular complexity index is 1010. The van der Waals surface area contributed by atoms with E-state index in [1.165, 1.54) is 27.9 Å². The fraction of sp³-hybridized carbons (Fsp3) is 0.435. The van der Waals surface area contributed by atoms with Crippen LogP contribution in [0, 0.1) is 0 Å². The van der Waals surface area contributed by atoms with Crippen LogP contribution >= 0.6 is 0 Å². The second-order valence-electron chi connectivity index (χ2n) is 8.07. The standard InChI is InChI=1S/C23H28N2O3S/c1-17(19-12-11-18-7-5-8-20(18)15-19)24-23(26)21-9-6-10-22(16-21)29(27,28)25-13-3-2-4-14-25/h6,9-12,15-17H,2-5,7-8,13-14H2,1H3,(H,24,26)/t17-/m1/s1. The molecule has 0 saturated carbocycles. The summed E-state index contributed by atoms with van der Waals surface area (Å²) in [5, 5.41) is 3.01. The molecular weight excluding hydrogens is 384 g/mol. The Morgan fingerprint density at radius 2 is 1.72 bits per heavy atom. The molecule has 2 aromatic carbocycles. The van der Waals surface area contributed by atoms with Gasteiger partial charge >= 0.3 is 0 Å². The highest BCUT2D eigenvalue weighted by molar-refractivity contribution is 7.89. The third-order valence-electron chi connectivity index (χ3n) is 6.02. The zero-order valence-electron chi connectivity index (χ0n) is 16.9.